The molecular weight excluding hydrogens is 436 g/mol. The summed E-state index contributed by atoms with van der Waals surface area (Å²) < 4.78 is 32.7. The smallest absolute Gasteiger partial charge is 0.348 e. The highest BCUT2D eigenvalue weighted by Gasteiger charge is 2.27. The summed E-state index contributed by atoms with van der Waals surface area (Å²) in [6.45, 7) is 3.14. The van der Waals surface area contributed by atoms with Gasteiger partial charge in [-0.1, -0.05) is 0 Å². The molecule has 0 unspecified atom stereocenters. The molecule has 3 aromatic rings. The van der Waals surface area contributed by atoms with Gasteiger partial charge in [0, 0.05) is 29.0 Å². The molecule has 0 saturated carbocycles. The van der Waals surface area contributed by atoms with Crippen LogP contribution < -0.4 is 5.32 Å². The Morgan fingerprint density at radius 2 is 1.77 bits per heavy atom. The molecule has 7 nitrogen and oxygen atoms in total. The fourth-order valence-corrected chi connectivity index (χ4v) is 5.94. The summed E-state index contributed by atoms with van der Waals surface area (Å²) >= 11 is 1.34. The summed E-state index contributed by atoms with van der Waals surface area (Å²) in [6.07, 6.45) is 1.74. The predicted octanol–water partition coefficient (Wildman–Crippen LogP) is 4.11. The van der Waals surface area contributed by atoms with Crippen molar-refractivity contribution in [1.82, 2.24) is 4.31 Å². The number of hydrogen-bond acceptors (Lipinski definition) is 6. The fourth-order valence-electron chi connectivity index (χ4n) is 3.48. The van der Waals surface area contributed by atoms with Gasteiger partial charge in [0.05, 0.1) is 11.5 Å². The first-order chi connectivity index (χ1) is 14.9. The number of fused-ring (bicyclic) bond motifs is 1. The molecule has 162 valence electrons. The van der Waals surface area contributed by atoms with Crippen molar-refractivity contribution in [2.75, 3.05) is 25.0 Å². The quantitative estimate of drug-likeness (QED) is 0.561. The number of benzene rings is 2. The van der Waals surface area contributed by atoms with Crippen molar-refractivity contribution < 1.29 is 22.7 Å². The van der Waals surface area contributed by atoms with Crippen molar-refractivity contribution in [3.8, 4) is 0 Å². The van der Waals surface area contributed by atoms with Crippen molar-refractivity contribution >= 4 is 49.0 Å². The molecule has 2 heterocycles. The van der Waals surface area contributed by atoms with E-state index in [1.54, 1.807) is 25.1 Å². The van der Waals surface area contributed by atoms with Gasteiger partial charge in [0.25, 0.3) is 5.91 Å². The second-order valence-corrected chi connectivity index (χ2v) is 10.2. The molecule has 31 heavy (non-hydrogen) atoms. The van der Waals surface area contributed by atoms with Crippen LogP contribution in [0.25, 0.3) is 10.1 Å². The first-order valence-corrected chi connectivity index (χ1v) is 12.3. The van der Waals surface area contributed by atoms with E-state index in [0.717, 1.165) is 22.9 Å². The Kier molecular flexibility index (Phi) is 6.08. The van der Waals surface area contributed by atoms with Gasteiger partial charge in [-0.3, -0.25) is 4.79 Å². The molecule has 1 fully saturated rings. The average molecular weight is 459 g/mol. The van der Waals surface area contributed by atoms with E-state index in [1.807, 2.05) is 6.07 Å². The maximum absolute atomic E-state index is 12.6. The number of anilines is 1. The van der Waals surface area contributed by atoms with E-state index in [2.05, 4.69) is 5.32 Å². The number of ether oxygens (including phenoxy) is 1. The monoisotopic (exact) mass is 458 g/mol. The van der Waals surface area contributed by atoms with Gasteiger partial charge in [-0.15, -0.1) is 11.3 Å². The highest BCUT2D eigenvalue weighted by Crippen LogP contribution is 2.29. The minimum atomic E-state index is -3.51. The predicted molar refractivity (Wildman–Crippen MR) is 120 cm³/mol. The second-order valence-electron chi connectivity index (χ2n) is 7.17. The van der Waals surface area contributed by atoms with Crippen LogP contribution in [0.15, 0.2) is 53.4 Å². The van der Waals surface area contributed by atoms with Crippen LogP contribution in [-0.4, -0.2) is 44.3 Å². The number of carbonyl (C=O) groups is 2. The van der Waals surface area contributed by atoms with Crippen molar-refractivity contribution in [1.29, 1.82) is 0 Å². The summed E-state index contributed by atoms with van der Waals surface area (Å²) in [5, 5.41) is 3.65. The van der Waals surface area contributed by atoms with Crippen LogP contribution in [-0.2, 0) is 14.8 Å². The van der Waals surface area contributed by atoms with Crippen LogP contribution >= 0.6 is 11.3 Å². The zero-order valence-corrected chi connectivity index (χ0v) is 18.6. The topological polar surface area (TPSA) is 92.8 Å². The lowest BCUT2D eigenvalue weighted by atomic mass is 10.2. The van der Waals surface area contributed by atoms with Gasteiger partial charge in [0.1, 0.15) is 4.88 Å². The molecule has 0 bridgehead atoms. The first kappa shape index (κ1) is 21.5. The van der Waals surface area contributed by atoms with Crippen LogP contribution in [0, 0.1) is 0 Å². The van der Waals surface area contributed by atoms with Crippen LogP contribution in [0.2, 0.25) is 0 Å². The number of carbonyl (C=O) groups excluding carboxylic acids is 2. The molecular formula is C22H22N2O5S2. The van der Waals surface area contributed by atoms with Gasteiger partial charge >= 0.3 is 5.97 Å². The lowest BCUT2D eigenvalue weighted by molar-refractivity contribution is 0.0532. The summed E-state index contributed by atoms with van der Waals surface area (Å²) in [5.41, 5.74) is 0.942. The minimum Gasteiger partial charge on any atom is -0.462 e. The number of sulfonamides is 1. The lowest BCUT2D eigenvalue weighted by Crippen LogP contribution is -2.27. The zero-order valence-electron chi connectivity index (χ0n) is 17.0. The SMILES string of the molecule is CCOC(=O)c1cc2cc(NC(=O)c3ccc(S(=O)(=O)N4CCCC4)cc3)ccc2s1. The number of nitrogens with zero attached hydrogens (tertiary/aromatic N) is 1. The van der Waals surface area contributed by atoms with Gasteiger partial charge in [-0.2, -0.15) is 4.31 Å². The van der Waals surface area contributed by atoms with Gasteiger partial charge in [0.15, 0.2) is 0 Å². The van der Waals surface area contributed by atoms with Crippen molar-refractivity contribution in [3.63, 3.8) is 0 Å². The number of thiophene rings is 1. The Labute approximate surface area is 184 Å². The third kappa shape index (κ3) is 4.48. The maximum atomic E-state index is 12.6. The third-order valence-electron chi connectivity index (χ3n) is 5.07. The van der Waals surface area contributed by atoms with E-state index in [0.29, 0.717) is 35.8 Å². The van der Waals surface area contributed by atoms with Crippen LogP contribution in [0.5, 0.6) is 0 Å². The average Bonchev–Trinajstić information content (AvgIpc) is 3.44. The van der Waals surface area contributed by atoms with Crippen molar-refractivity contribution in [2.24, 2.45) is 0 Å². The summed E-state index contributed by atoms with van der Waals surface area (Å²) in [5.74, 6) is -0.705. The van der Waals surface area contributed by atoms with E-state index in [9.17, 15) is 18.0 Å². The number of amides is 1. The van der Waals surface area contributed by atoms with Crippen molar-refractivity contribution in [2.45, 2.75) is 24.7 Å². The lowest BCUT2D eigenvalue weighted by Gasteiger charge is -2.15. The fraction of sp³-hybridized carbons (Fsp3) is 0.273. The molecule has 0 spiro atoms. The highest BCUT2D eigenvalue weighted by atomic mass is 32.2. The van der Waals surface area contributed by atoms with Gasteiger partial charge in [-0.05, 0) is 73.7 Å². The Balaban J connectivity index is 1.48. The van der Waals surface area contributed by atoms with Gasteiger partial charge in [0.2, 0.25) is 10.0 Å². The van der Waals surface area contributed by atoms with Crippen LogP contribution in [0.3, 0.4) is 0 Å². The number of nitrogens with one attached hydrogen (secondary N) is 1. The molecule has 2 aromatic carbocycles. The van der Waals surface area contributed by atoms with E-state index >= 15 is 0 Å². The highest BCUT2D eigenvalue weighted by molar-refractivity contribution is 7.89. The number of hydrogen-bond donors (Lipinski definition) is 1. The second kappa shape index (κ2) is 8.78. The van der Waals surface area contributed by atoms with Crippen LogP contribution in [0.4, 0.5) is 5.69 Å². The molecule has 1 aliphatic heterocycles. The van der Waals surface area contributed by atoms with E-state index < -0.39 is 10.0 Å². The van der Waals surface area contributed by atoms with E-state index in [-0.39, 0.29) is 16.8 Å². The summed E-state index contributed by atoms with van der Waals surface area (Å²) in [6, 6.07) is 13.1. The van der Waals surface area contributed by atoms with E-state index in [4.69, 9.17) is 4.74 Å². The summed E-state index contributed by atoms with van der Waals surface area (Å²) in [7, 11) is -3.51. The molecule has 1 aromatic heterocycles. The van der Waals surface area contributed by atoms with Crippen LogP contribution in [0.1, 0.15) is 39.8 Å². The third-order valence-corrected chi connectivity index (χ3v) is 8.08. The normalized spacial score (nSPS) is 14.6. The van der Waals surface area contributed by atoms with Crippen molar-refractivity contribution in [3.05, 3.63) is 59.0 Å². The minimum absolute atomic E-state index is 0.192. The first-order valence-electron chi connectivity index (χ1n) is 10.0. The molecule has 0 atom stereocenters. The zero-order chi connectivity index (χ0) is 22.0. The van der Waals surface area contributed by atoms with Gasteiger partial charge in [-0.25, -0.2) is 13.2 Å². The molecule has 0 aliphatic carbocycles. The molecule has 0 radical (unpaired) electrons. The largest absolute Gasteiger partial charge is 0.462 e. The summed E-state index contributed by atoms with van der Waals surface area (Å²) in [4.78, 5) is 25.2. The molecule has 1 amide bonds. The Bertz CT molecular complexity index is 1230. The molecule has 1 N–H and O–H groups in total. The standard InChI is InChI=1S/C22H22N2O5S2/c1-2-29-22(26)20-14-16-13-17(7-10-19(16)30-20)23-21(25)15-5-8-18(9-6-15)31(27,28)24-11-3-4-12-24/h5-10,13-14H,2-4,11-12H2,1H3,(H,23,25). The van der Waals surface area contributed by atoms with Gasteiger partial charge < -0.3 is 10.1 Å². The Hall–Kier alpha value is -2.75. The number of rotatable bonds is 6. The Morgan fingerprint density at radius 3 is 2.45 bits per heavy atom. The molecule has 4 rings (SSSR count). The molecule has 1 aliphatic rings. The van der Waals surface area contributed by atoms with E-state index in [1.165, 1.54) is 39.9 Å². The Morgan fingerprint density at radius 1 is 1.06 bits per heavy atom. The maximum Gasteiger partial charge on any atom is 0.348 e. The number of esters is 1. The molecule has 1 saturated heterocycles. The molecule has 9 heteroatoms.